The molecule has 0 bridgehead atoms. The lowest BCUT2D eigenvalue weighted by Gasteiger charge is -2.42. The van der Waals surface area contributed by atoms with Gasteiger partial charge in [0.1, 0.15) is 54.9 Å². The minimum Gasteiger partial charge on any atom is -0.457 e. The maximum Gasteiger partial charge on any atom is 0.306 e. The number of carbonyl (C=O) groups excluding carboxylic acids is 1. The molecule has 70 heavy (non-hydrogen) atoms. The van der Waals surface area contributed by atoms with Gasteiger partial charge in [-0.05, 0) is 38.5 Å². The molecule has 0 aliphatic carbocycles. The van der Waals surface area contributed by atoms with E-state index in [2.05, 4.69) is 26.0 Å². The number of aliphatic hydroxyl groups is 7. The van der Waals surface area contributed by atoms with Gasteiger partial charge >= 0.3 is 5.97 Å². The Kier molecular flexibility index (Phi) is 40.8. The highest BCUT2D eigenvalue weighted by Gasteiger charge is 2.47. The Labute approximate surface area is 425 Å². The summed E-state index contributed by atoms with van der Waals surface area (Å²) < 4.78 is 34.4. The molecule has 2 aliphatic rings. The van der Waals surface area contributed by atoms with Crippen molar-refractivity contribution in [2.24, 2.45) is 0 Å². The molecular formula is C56H106O14. The van der Waals surface area contributed by atoms with Crippen molar-refractivity contribution in [3.63, 3.8) is 0 Å². The van der Waals surface area contributed by atoms with E-state index in [9.17, 15) is 40.5 Å². The summed E-state index contributed by atoms with van der Waals surface area (Å²) in [4.78, 5) is 13.1. The summed E-state index contributed by atoms with van der Waals surface area (Å²) in [6.45, 7) is 3.73. The predicted molar refractivity (Wildman–Crippen MR) is 275 cm³/mol. The second kappa shape index (κ2) is 44.1. The van der Waals surface area contributed by atoms with E-state index in [0.717, 1.165) is 38.5 Å². The van der Waals surface area contributed by atoms with Gasteiger partial charge in [-0.1, -0.05) is 206 Å². The SMILES string of the molecule is CCCCCCCC/C=C\CCCCCCCCCCCCOCC(COC1OC(COC2OC(CO)C(O)C(O)C2O)C(O)C(O)C1O)OC(=O)CCCCCCCCCCCCCCCCCC. The van der Waals surface area contributed by atoms with Gasteiger partial charge in [-0.3, -0.25) is 4.79 Å². The molecule has 14 heteroatoms. The first-order valence-electron chi connectivity index (χ1n) is 28.8. The Balaban J connectivity index is 1.71. The van der Waals surface area contributed by atoms with E-state index >= 15 is 0 Å². The van der Waals surface area contributed by atoms with Crippen LogP contribution in [0.5, 0.6) is 0 Å². The van der Waals surface area contributed by atoms with Gasteiger partial charge in [0.25, 0.3) is 0 Å². The number of unbranched alkanes of at least 4 members (excludes halogenated alkanes) is 31. The summed E-state index contributed by atoms with van der Waals surface area (Å²) in [5.74, 6) is -0.371. The predicted octanol–water partition coefficient (Wildman–Crippen LogP) is 9.81. The third-order valence-corrected chi connectivity index (χ3v) is 14.0. The van der Waals surface area contributed by atoms with Gasteiger partial charge in [0.15, 0.2) is 12.6 Å². The number of esters is 1. The summed E-state index contributed by atoms with van der Waals surface area (Å²) in [6, 6.07) is 0. The molecule has 0 aromatic carbocycles. The van der Waals surface area contributed by atoms with Crippen LogP contribution in [0.2, 0.25) is 0 Å². The summed E-state index contributed by atoms with van der Waals surface area (Å²) >= 11 is 0. The molecule has 11 atom stereocenters. The van der Waals surface area contributed by atoms with Crippen LogP contribution in [0.25, 0.3) is 0 Å². The lowest BCUT2D eigenvalue weighted by atomic mass is 9.98. The molecule has 2 aliphatic heterocycles. The zero-order valence-electron chi connectivity index (χ0n) is 44.3. The number of allylic oxidation sites excluding steroid dienone is 2. The van der Waals surface area contributed by atoms with Crippen LogP contribution in [0.15, 0.2) is 12.2 Å². The van der Waals surface area contributed by atoms with Crippen LogP contribution >= 0.6 is 0 Å². The second-order valence-corrected chi connectivity index (χ2v) is 20.5. The molecule has 2 fully saturated rings. The topological polar surface area (TPSA) is 214 Å². The highest BCUT2D eigenvalue weighted by molar-refractivity contribution is 5.69. The third kappa shape index (κ3) is 30.8. The van der Waals surface area contributed by atoms with Crippen molar-refractivity contribution in [1.29, 1.82) is 0 Å². The number of hydrogen-bond donors (Lipinski definition) is 7. The molecule has 2 saturated heterocycles. The van der Waals surface area contributed by atoms with Gasteiger partial charge in [0, 0.05) is 13.0 Å². The number of ether oxygens (including phenoxy) is 6. The van der Waals surface area contributed by atoms with Crippen molar-refractivity contribution in [1.82, 2.24) is 0 Å². The standard InChI is InChI=1S/C56H106O14/c1-3-5-7-9-11-13-15-17-19-21-22-23-24-26-28-30-32-34-36-38-40-65-42-45(68-48(58)39-37-35-33-31-29-27-25-20-18-16-14-12-10-8-6-4-2)43-66-55-54(64)52(62)50(60)47(70-55)44-67-56-53(63)51(61)49(59)46(41-57)69-56/h17,19,45-47,49-57,59-64H,3-16,18,20-44H2,1-2H3/b19-17-. The van der Waals surface area contributed by atoms with Gasteiger partial charge in [0.2, 0.25) is 0 Å². The second-order valence-electron chi connectivity index (χ2n) is 20.5. The Bertz CT molecular complexity index is 1210. The fraction of sp³-hybridized carbons (Fsp3) is 0.946. The Morgan fingerprint density at radius 2 is 0.843 bits per heavy atom. The van der Waals surface area contributed by atoms with E-state index < -0.39 is 80.7 Å². The molecule has 0 amide bonds. The molecule has 0 aromatic heterocycles. The summed E-state index contributed by atoms with van der Waals surface area (Å²) in [7, 11) is 0. The molecule has 0 saturated carbocycles. The van der Waals surface area contributed by atoms with Crippen LogP contribution in [0.4, 0.5) is 0 Å². The smallest absolute Gasteiger partial charge is 0.306 e. The maximum absolute atomic E-state index is 13.1. The highest BCUT2D eigenvalue weighted by atomic mass is 16.7. The molecule has 2 heterocycles. The van der Waals surface area contributed by atoms with Crippen LogP contribution in [0.3, 0.4) is 0 Å². The minimum atomic E-state index is -1.70. The Morgan fingerprint density at radius 1 is 0.457 bits per heavy atom. The van der Waals surface area contributed by atoms with Gasteiger partial charge in [-0.15, -0.1) is 0 Å². The quantitative estimate of drug-likeness (QED) is 0.0172. The van der Waals surface area contributed by atoms with Crippen molar-refractivity contribution >= 4 is 5.97 Å². The molecule has 2 rings (SSSR count). The van der Waals surface area contributed by atoms with Crippen LogP contribution in [-0.2, 0) is 33.2 Å². The molecule has 0 aromatic rings. The monoisotopic (exact) mass is 1000 g/mol. The van der Waals surface area contributed by atoms with Crippen molar-refractivity contribution in [2.75, 3.05) is 33.0 Å². The van der Waals surface area contributed by atoms with Crippen LogP contribution in [-0.4, -0.2) is 142 Å². The van der Waals surface area contributed by atoms with E-state index in [1.54, 1.807) is 0 Å². The first kappa shape index (κ1) is 64.8. The van der Waals surface area contributed by atoms with Crippen molar-refractivity contribution in [3.05, 3.63) is 12.2 Å². The summed E-state index contributed by atoms with van der Waals surface area (Å²) in [5, 5.41) is 72.3. The van der Waals surface area contributed by atoms with Gasteiger partial charge in [-0.25, -0.2) is 0 Å². The van der Waals surface area contributed by atoms with E-state index in [4.69, 9.17) is 28.4 Å². The van der Waals surface area contributed by atoms with Crippen molar-refractivity contribution in [2.45, 2.75) is 306 Å². The van der Waals surface area contributed by atoms with E-state index in [0.29, 0.717) is 13.0 Å². The average molecular weight is 1000 g/mol. The van der Waals surface area contributed by atoms with Gasteiger partial charge in [-0.2, -0.15) is 0 Å². The van der Waals surface area contributed by atoms with Gasteiger partial charge < -0.3 is 64.2 Å². The van der Waals surface area contributed by atoms with Crippen LogP contribution in [0.1, 0.15) is 239 Å². The third-order valence-electron chi connectivity index (χ3n) is 14.0. The van der Waals surface area contributed by atoms with E-state index in [-0.39, 0.29) is 25.6 Å². The van der Waals surface area contributed by atoms with Crippen molar-refractivity contribution < 1.29 is 69.0 Å². The zero-order valence-corrected chi connectivity index (χ0v) is 44.3. The fourth-order valence-corrected chi connectivity index (χ4v) is 9.34. The zero-order chi connectivity index (χ0) is 50.9. The Hall–Kier alpha value is -1.27. The lowest BCUT2D eigenvalue weighted by Crippen LogP contribution is -2.61. The fourth-order valence-electron chi connectivity index (χ4n) is 9.34. The minimum absolute atomic E-state index is 0.0667. The van der Waals surface area contributed by atoms with Crippen LogP contribution < -0.4 is 0 Å². The maximum atomic E-state index is 13.1. The molecule has 11 unspecified atom stereocenters. The molecule has 7 N–H and O–H groups in total. The summed E-state index contributed by atoms with van der Waals surface area (Å²) in [5.41, 5.74) is 0. The normalized spacial score (nSPS) is 25.5. The number of carbonyl (C=O) groups is 1. The van der Waals surface area contributed by atoms with E-state index in [1.165, 1.54) is 173 Å². The molecule has 14 nitrogen and oxygen atoms in total. The number of hydrogen-bond acceptors (Lipinski definition) is 14. The Morgan fingerprint density at radius 3 is 1.30 bits per heavy atom. The highest BCUT2D eigenvalue weighted by Crippen LogP contribution is 2.27. The lowest BCUT2D eigenvalue weighted by molar-refractivity contribution is -0.332. The van der Waals surface area contributed by atoms with Crippen molar-refractivity contribution in [3.8, 4) is 0 Å². The molecular weight excluding hydrogens is 897 g/mol. The number of aliphatic hydroxyl groups excluding tert-OH is 7. The first-order chi connectivity index (χ1) is 34.1. The first-order valence-corrected chi connectivity index (χ1v) is 28.8. The largest absolute Gasteiger partial charge is 0.457 e. The molecule has 0 radical (unpaired) electrons. The summed E-state index contributed by atoms with van der Waals surface area (Å²) in [6.07, 6.45) is 31.2. The average Bonchev–Trinajstić information content (AvgIpc) is 3.36. The van der Waals surface area contributed by atoms with Crippen LogP contribution in [0, 0.1) is 0 Å². The van der Waals surface area contributed by atoms with E-state index in [1.807, 2.05) is 0 Å². The van der Waals surface area contributed by atoms with Gasteiger partial charge in [0.05, 0.1) is 26.4 Å². The number of rotatable bonds is 47. The molecule has 414 valence electrons. The molecule has 0 spiro atoms.